The zero-order valence-electron chi connectivity index (χ0n) is 11.9. The van der Waals surface area contributed by atoms with Crippen molar-refractivity contribution in [1.29, 1.82) is 0 Å². The third-order valence-corrected chi connectivity index (χ3v) is 2.70. The van der Waals surface area contributed by atoms with Gasteiger partial charge in [0.2, 0.25) is 0 Å². The van der Waals surface area contributed by atoms with Crippen LogP contribution in [-0.2, 0) is 4.79 Å². The molecule has 1 amide bonds. The molecule has 0 bridgehead atoms. The summed E-state index contributed by atoms with van der Waals surface area (Å²) >= 11 is 0. The quantitative estimate of drug-likeness (QED) is 0.546. The number of carboxylic acids is 1. The van der Waals surface area contributed by atoms with Gasteiger partial charge in [0.25, 0.3) is 5.91 Å². The zero-order chi connectivity index (χ0) is 15.7. The van der Waals surface area contributed by atoms with Crippen molar-refractivity contribution < 1.29 is 19.8 Å². The number of carboxylic acid groups (broad SMARTS) is 1. The smallest absolute Gasteiger partial charge is 0.303 e. The van der Waals surface area contributed by atoms with Crippen LogP contribution in [0.4, 0.5) is 0 Å². The van der Waals surface area contributed by atoms with Gasteiger partial charge in [-0.15, -0.1) is 0 Å². The van der Waals surface area contributed by atoms with E-state index in [0.717, 1.165) is 0 Å². The normalized spacial score (nSPS) is 11.1. The molecule has 0 fully saturated rings. The minimum absolute atomic E-state index is 0.107. The molecule has 21 heavy (non-hydrogen) atoms. The van der Waals surface area contributed by atoms with Gasteiger partial charge < -0.3 is 15.5 Å². The number of hydrogen-bond acceptors (Lipinski definition) is 3. The summed E-state index contributed by atoms with van der Waals surface area (Å²) in [5, 5.41) is 20.1. The van der Waals surface area contributed by atoms with Crippen LogP contribution in [0, 0.1) is 11.8 Å². The highest BCUT2D eigenvalue weighted by atomic mass is 16.4. The maximum Gasteiger partial charge on any atom is 0.303 e. The number of carbonyl (C=O) groups excluding carboxylic acids is 1. The molecule has 0 aromatic heterocycles. The van der Waals surface area contributed by atoms with Gasteiger partial charge in [0.1, 0.15) is 0 Å². The molecular weight excluding hydrogens is 270 g/mol. The van der Waals surface area contributed by atoms with Gasteiger partial charge in [-0.3, -0.25) is 9.59 Å². The second kappa shape index (κ2) is 8.77. The summed E-state index contributed by atoms with van der Waals surface area (Å²) in [6, 6.07) is 6.57. The topological polar surface area (TPSA) is 86.6 Å². The molecule has 1 atom stereocenters. The highest BCUT2D eigenvalue weighted by Gasteiger charge is 2.08. The number of amides is 1. The van der Waals surface area contributed by atoms with E-state index in [4.69, 9.17) is 10.2 Å². The van der Waals surface area contributed by atoms with Crippen LogP contribution in [-0.4, -0.2) is 34.7 Å². The minimum Gasteiger partial charge on any atom is -0.481 e. The van der Waals surface area contributed by atoms with E-state index in [9.17, 15) is 9.59 Å². The Kier molecular flexibility index (Phi) is 6.99. The maximum absolute atomic E-state index is 11.9. The molecule has 0 aliphatic rings. The molecule has 0 heterocycles. The molecule has 0 aliphatic carbocycles. The second-order valence-corrected chi connectivity index (χ2v) is 4.69. The van der Waals surface area contributed by atoms with E-state index in [2.05, 4.69) is 17.2 Å². The predicted octanol–water partition coefficient (Wildman–Crippen LogP) is 1.40. The molecule has 0 aliphatic heterocycles. The molecule has 0 radical (unpaired) electrons. The van der Waals surface area contributed by atoms with E-state index < -0.39 is 5.97 Å². The Morgan fingerprint density at radius 2 is 2.14 bits per heavy atom. The van der Waals surface area contributed by atoms with Crippen LogP contribution >= 0.6 is 0 Å². The van der Waals surface area contributed by atoms with Crippen molar-refractivity contribution >= 4 is 11.9 Å². The van der Waals surface area contributed by atoms with Gasteiger partial charge in [0, 0.05) is 30.0 Å². The number of hydrogen-bond donors (Lipinski definition) is 3. The van der Waals surface area contributed by atoms with Gasteiger partial charge in [-0.2, -0.15) is 0 Å². The molecule has 1 aromatic carbocycles. The second-order valence-electron chi connectivity index (χ2n) is 4.69. The molecule has 0 saturated heterocycles. The third kappa shape index (κ3) is 6.59. The fourth-order valence-electron chi connectivity index (χ4n) is 1.58. The highest BCUT2D eigenvalue weighted by molar-refractivity contribution is 5.94. The monoisotopic (exact) mass is 289 g/mol. The van der Waals surface area contributed by atoms with Crippen molar-refractivity contribution in [3.8, 4) is 11.8 Å². The van der Waals surface area contributed by atoms with Crippen molar-refractivity contribution in [2.45, 2.75) is 32.2 Å². The molecule has 0 spiro atoms. The van der Waals surface area contributed by atoms with E-state index >= 15 is 0 Å². The van der Waals surface area contributed by atoms with Crippen LogP contribution in [0.25, 0.3) is 0 Å². The summed E-state index contributed by atoms with van der Waals surface area (Å²) < 4.78 is 0. The third-order valence-electron chi connectivity index (χ3n) is 2.70. The summed E-state index contributed by atoms with van der Waals surface area (Å²) in [5.74, 6) is 4.71. The molecule has 1 unspecified atom stereocenters. The molecule has 112 valence electrons. The van der Waals surface area contributed by atoms with E-state index in [0.29, 0.717) is 24.0 Å². The molecular formula is C16H19NO4. The van der Waals surface area contributed by atoms with Gasteiger partial charge in [-0.05, 0) is 31.5 Å². The van der Waals surface area contributed by atoms with Crippen molar-refractivity contribution in [1.82, 2.24) is 5.32 Å². The molecule has 1 aromatic rings. The Balaban J connectivity index is 2.62. The lowest BCUT2D eigenvalue weighted by atomic mass is 10.1. The Hall–Kier alpha value is -2.32. The first-order valence-electron chi connectivity index (χ1n) is 6.75. The molecule has 1 rings (SSSR count). The number of unbranched alkanes of at least 4 members (excludes halogenated alkanes) is 1. The summed E-state index contributed by atoms with van der Waals surface area (Å²) in [7, 11) is 0. The van der Waals surface area contributed by atoms with Crippen LogP contribution in [0.5, 0.6) is 0 Å². The van der Waals surface area contributed by atoms with Crippen molar-refractivity contribution in [2.75, 3.05) is 6.61 Å². The lowest BCUT2D eigenvalue weighted by Crippen LogP contribution is -2.34. The predicted molar refractivity (Wildman–Crippen MR) is 78.8 cm³/mol. The van der Waals surface area contributed by atoms with Crippen molar-refractivity contribution in [3.05, 3.63) is 35.4 Å². The van der Waals surface area contributed by atoms with E-state index in [-0.39, 0.29) is 25.0 Å². The van der Waals surface area contributed by atoms with Crippen LogP contribution < -0.4 is 5.32 Å². The van der Waals surface area contributed by atoms with Gasteiger partial charge >= 0.3 is 5.97 Å². The SMILES string of the molecule is CC(CO)NC(=O)c1cccc(C#CCCCC(=O)O)c1. The van der Waals surface area contributed by atoms with Crippen molar-refractivity contribution in [3.63, 3.8) is 0 Å². The largest absolute Gasteiger partial charge is 0.481 e. The lowest BCUT2D eigenvalue weighted by Gasteiger charge is -2.10. The van der Waals surface area contributed by atoms with Crippen LogP contribution in [0.2, 0.25) is 0 Å². The van der Waals surface area contributed by atoms with Gasteiger partial charge in [0.15, 0.2) is 0 Å². The Morgan fingerprint density at radius 3 is 2.81 bits per heavy atom. The average Bonchev–Trinajstić information content (AvgIpc) is 2.46. The number of aliphatic carboxylic acids is 1. The van der Waals surface area contributed by atoms with E-state index in [1.807, 2.05) is 0 Å². The number of rotatable bonds is 6. The summed E-state index contributed by atoms with van der Waals surface area (Å²) in [4.78, 5) is 22.2. The number of benzene rings is 1. The number of aliphatic hydroxyl groups is 1. The van der Waals surface area contributed by atoms with Gasteiger partial charge in [0.05, 0.1) is 6.61 Å². The van der Waals surface area contributed by atoms with Gasteiger partial charge in [-0.25, -0.2) is 0 Å². The number of aliphatic hydroxyl groups excluding tert-OH is 1. The fourth-order valence-corrected chi connectivity index (χ4v) is 1.58. The van der Waals surface area contributed by atoms with E-state index in [1.165, 1.54) is 0 Å². The Labute approximate surface area is 124 Å². The zero-order valence-corrected chi connectivity index (χ0v) is 11.9. The van der Waals surface area contributed by atoms with E-state index in [1.54, 1.807) is 31.2 Å². The first-order valence-corrected chi connectivity index (χ1v) is 6.75. The van der Waals surface area contributed by atoms with Crippen LogP contribution in [0.3, 0.4) is 0 Å². The molecule has 0 saturated carbocycles. The lowest BCUT2D eigenvalue weighted by molar-refractivity contribution is -0.137. The minimum atomic E-state index is -0.825. The van der Waals surface area contributed by atoms with Gasteiger partial charge in [-0.1, -0.05) is 17.9 Å². The Morgan fingerprint density at radius 1 is 1.38 bits per heavy atom. The molecule has 5 nitrogen and oxygen atoms in total. The van der Waals surface area contributed by atoms with Crippen molar-refractivity contribution in [2.24, 2.45) is 0 Å². The summed E-state index contributed by atoms with van der Waals surface area (Å²) in [6.07, 6.45) is 1.12. The number of carbonyl (C=O) groups is 2. The number of nitrogens with one attached hydrogen (secondary N) is 1. The first kappa shape index (κ1) is 16.7. The standard InChI is InChI=1S/C16H19NO4/c1-12(11-18)17-16(21)14-8-5-7-13(10-14)6-3-2-4-9-15(19)20/h5,7-8,10,12,18H,2,4,9,11H2,1H3,(H,17,21)(H,19,20). The first-order chi connectivity index (χ1) is 10.0. The fraction of sp³-hybridized carbons (Fsp3) is 0.375. The summed E-state index contributed by atoms with van der Waals surface area (Å²) in [5.41, 5.74) is 1.18. The highest BCUT2D eigenvalue weighted by Crippen LogP contribution is 2.05. The summed E-state index contributed by atoms with van der Waals surface area (Å²) in [6.45, 7) is 1.60. The van der Waals surface area contributed by atoms with Crippen LogP contribution in [0.15, 0.2) is 24.3 Å². The molecule has 5 heteroatoms. The Bertz CT molecular complexity index is 557. The molecule has 3 N–H and O–H groups in total. The van der Waals surface area contributed by atoms with Crippen LogP contribution in [0.1, 0.15) is 42.1 Å². The average molecular weight is 289 g/mol. The maximum atomic E-state index is 11.9.